The predicted molar refractivity (Wildman–Crippen MR) is 183 cm³/mol. The highest BCUT2D eigenvalue weighted by molar-refractivity contribution is 5.89. The number of carbonyl (C=O) groups excluding carboxylic acids is 4. The second-order valence-electron chi connectivity index (χ2n) is 11.6. The highest BCUT2D eigenvalue weighted by atomic mass is 16.5. The molecule has 1 fully saturated rings. The topological polar surface area (TPSA) is 156 Å². The number of ether oxygens (including phenoxy) is 2. The van der Waals surface area contributed by atoms with Crippen molar-refractivity contribution in [3.8, 4) is 35.1 Å². The summed E-state index contributed by atoms with van der Waals surface area (Å²) in [6.45, 7) is 4.31. The van der Waals surface area contributed by atoms with Crippen molar-refractivity contribution >= 4 is 34.5 Å². The summed E-state index contributed by atoms with van der Waals surface area (Å²) in [5.74, 6) is 2.30. The maximum Gasteiger partial charge on any atom is 0.243 e. The minimum Gasteiger partial charge on any atom is -0.497 e. The summed E-state index contributed by atoms with van der Waals surface area (Å²) in [5.41, 5.74) is 8.18. The van der Waals surface area contributed by atoms with Gasteiger partial charge in [-0.25, -0.2) is 4.98 Å². The van der Waals surface area contributed by atoms with Gasteiger partial charge < -0.3 is 30.7 Å². The van der Waals surface area contributed by atoms with E-state index in [-0.39, 0.29) is 44.3 Å². The van der Waals surface area contributed by atoms with Crippen LogP contribution >= 0.6 is 0 Å². The van der Waals surface area contributed by atoms with Crippen LogP contribution in [0.2, 0.25) is 0 Å². The Labute approximate surface area is 280 Å². The van der Waals surface area contributed by atoms with Crippen LogP contribution in [0, 0.1) is 12.3 Å². The molecule has 3 atom stereocenters. The summed E-state index contributed by atoms with van der Waals surface area (Å²) < 4.78 is 12.0. The fourth-order valence-electron chi connectivity index (χ4n) is 5.64. The molecule has 2 heterocycles. The Kier molecular flexibility index (Phi) is 12.5. The Morgan fingerprint density at radius 2 is 1.96 bits per heavy atom. The van der Waals surface area contributed by atoms with Crippen molar-refractivity contribution in [1.82, 2.24) is 25.4 Å². The van der Waals surface area contributed by atoms with Gasteiger partial charge in [0.1, 0.15) is 17.6 Å². The summed E-state index contributed by atoms with van der Waals surface area (Å²) in [7, 11) is 3.21. The first kappa shape index (κ1) is 35.4. The Balaban J connectivity index is 1.50. The van der Waals surface area contributed by atoms with E-state index in [1.807, 2.05) is 59.5 Å². The second-order valence-corrected chi connectivity index (χ2v) is 11.6. The summed E-state index contributed by atoms with van der Waals surface area (Å²) >= 11 is 0. The number of nitrogens with zero attached hydrogens (tertiary/aromatic N) is 3. The lowest BCUT2D eigenvalue weighted by atomic mass is 10.1. The van der Waals surface area contributed by atoms with Crippen molar-refractivity contribution in [2.75, 3.05) is 40.3 Å². The Hall–Kier alpha value is -5.41. The third kappa shape index (κ3) is 9.56. The molecular formula is C36H42N6O6. The van der Waals surface area contributed by atoms with Gasteiger partial charge in [-0.1, -0.05) is 42.8 Å². The first-order valence-corrected chi connectivity index (χ1v) is 15.7. The van der Waals surface area contributed by atoms with Crippen molar-refractivity contribution in [2.45, 2.75) is 43.9 Å². The molecule has 3 unspecified atom stereocenters. The highest BCUT2D eigenvalue weighted by Crippen LogP contribution is 2.34. The van der Waals surface area contributed by atoms with E-state index >= 15 is 0 Å². The summed E-state index contributed by atoms with van der Waals surface area (Å²) in [6, 6.07) is 16.0. The van der Waals surface area contributed by atoms with E-state index in [2.05, 4.69) is 23.1 Å². The van der Waals surface area contributed by atoms with Gasteiger partial charge in [0, 0.05) is 69.0 Å². The molecule has 4 rings (SSSR count). The molecule has 2 aromatic carbocycles. The molecule has 0 saturated carbocycles. The normalized spacial score (nSPS) is 16.4. The molecule has 0 spiro atoms. The molecule has 3 aromatic rings. The van der Waals surface area contributed by atoms with Gasteiger partial charge >= 0.3 is 0 Å². The largest absolute Gasteiger partial charge is 0.497 e. The van der Waals surface area contributed by atoms with Crippen LogP contribution in [0.25, 0.3) is 22.2 Å². The van der Waals surface area contributed by atoms with Gasteiger partial charge in [0.25, 0.3) is 0 Å². The fraction of sp³-hybridized carbons (Fsp3) is 0.361. The number of terminal acetylenes is 1. The van der Waals surface area contributed by atoms with Gasteiger partial charge in [-0.05, 0) is 24.6 Å². The SMILES string of the molecule is C#CCN(C)C(=O)CCCC(=O)NC(CNC(=O)C=C)CN1CC(Oc2cc(-c3ccccc3)nc3cc(OC)ccc23)CC1C(N)=O. The van der Waals surface area contributed by atoms with Crippen LogP contribution in [0.1, 0.15) is 25.7 Å². The van der Waals surface area contributed by atoms with Gasteiger partial charge in [0.15, 0.2) is 0 Å². The maximum atomic E-state index is 12.9. The molecule has 1 aliphatic rings. The van der Waals surface area contributed by atoms with Gasteiger partial charge in [-0.3, -0.25) is 24.1 Å². The molecular weight excluding hydrogens is 612 g/mol. The molecule has 0 radical (unpaired) electrons. The van der Waals surface area contributed by atoms with E-state index in [9.17, 15) is 19.2 Å². The number of aromatic nitrogens is 1. The Morgan fingerprint density at radius 1 is 1.19 bits per heavy atom. The van der Waals surface area contributed by atoms with Crippen LogP contribution in [0.15, 0.2) is 67.3 Å². The van der Waals surface area contributed by atoms with Crippen LogP contribution in [-0.4, -0.2) is 96.9 Å². The molecule has 0 aliphatic carbocycles. The number of fused-ring (bicyclic) bond motifs is 1. The third-order valence-electron chi connectivity index (χ3n) is 8.11. The zero-order valence-corrected chi connectivity index (χ0v) is 27.3. The molecule has 1 aliphatic heterocycles. The molecule has 0 bridgehead atoms. The molecule has 4 N–H and O–H groups in total. The minimum absolute atomic E-state index is 0.0885. The molecule has 1 saturated heterocycles. The van der Waals surface area contributed by atoms with Gasteiger partial charge in [0.05, 0.1) is 36.9 Å². The molecule has 1 aromatic heterocycles. The van der Waals surface area contributed by atoms with Gasteiger partial charge in [-0.2, -0.15) is 0 Å². The molecule has 48 heavy (non-hydrogen) atoms. The van der Waals surface area contributed by atoms with Crippen molar-refractivity contribution in [3.05, 3.63) is 67.3 Å². The Morgan fingerprint density at radius 3 is 2.65 bits per heavy atom. The van der Waals surface area contributed by atoms with Crippen molar-refractivity contribution in [1.29, 1.82) is 0 Å². The van der Waals surface area contributed by atoms with Crippen LogP contribution in [0.3, 0.4) is 0 Å². The summed E-state index contributed by atoms with van der Waals surface area (Å²) in [6.07, 6.45) is 6.90. The zero-order chi connectivity index (χ0) is 34.6. The zero-order valence-electron chi connectivity index (χ0n) is 27.3. The van der Waals surface area contributed by atoms with Crippen LogP contribution < -0.4 is 25.8 Å². The maximum absolute atomic E-state index is 12.9. The second kappa shape index (κ2) is 16.9. The van der Waals surface area contributed by atoms with Crippen LogP contribution in [0.5, 0.6) is 11.5 Å². The van der Waals surface area contributed by atoms with Gasteiger partial charge in [0.2, 0.25) is 23.6 Å². The number of likely N-dealkylation sites (tertiary alicyclic amines) is 1. The molecule has 12 nitrogen and oxygen atoms in total. The van der Waals surface area contributed by atoms with Gasteiger partial charge in [-0.15, -0.1) is 6.42 Å². The van der Waals surface area contributed by atoms with Crippen molar-refractivity contribution < 1.29 is 28.7 Å². The number of nitrogens with two attached hydrogens (primary N) is 1. The highest BCUT2D eigenvalue weighted by Gasteiger charge is 2.38. The van der Waals surface area contributed by atoms with E-state index in [0.29, 0.717) is 36.4 Å². The third-order valence-corrected chi connectivity index (χ3v) is 8.11. The van der Waals surface area contributed by atoms with Crippen LogP contribution in [-0.2, 0) is 19.2 Å². The van der Waals surface area contributed by atoms with Crippen LogP contribution in [0.4, 0.5) is 0 Å². The summed E-state index contributed by atoms with van der Waals surface area (Å²) in [4.78, 5) is 57.9. The number of nitrogens with one attached hydrogen (secondary N) is 2. The first-order chi connectivity index (χ1) is 23.1. The number of carbonyl (C=O) groups is 4. The summed E-state index contributed by atoms with van der Waals surface area (Å²) in [5, 5.41) is 6.44. The number of primary amides is 1. The van der Waals surface area contributed by atoms with E-state index < -0.39 is 30.0 Å². The number of methoxy groups -OCH3 is 1. The first-order valence-electron chi connectivity index (χ1n) is 15.7. The molecule has 252 valence electrons. The van der Waals surface area contributed by atoms with E-state index in [4.69, 9.17) is 26.6 Å². The Bertz CT molecular complexity index is 1670. The minimum atomic E-state index is -0.671. The fourth-order valence-corrected chi connectivity index (χ4v) is 5.64. The lowest BCUT2D eigenvalue weighted by molar-refractivity contribution is -0.129. The number of pyridine rings is 1. The monoisotopic (exact) mass is 654 g/mol. The number of hydrogen-bond donors (Lipinski definition) is 3. The number of rotatable bonds is 16. The van der Waals surface area contributed by atoms with Crippen molar-refractivity contribution in [3.63, 3.8) is 0 Å². The lowest BCUT2D eigenvalue weighted by Gasteiger charge is -2.28. The molecule has 4 amide bonds. The predicted octanol–water partition coefficient (Wildman–Crippen LogP) is 2.27. The average Bonchev–Trinajstić information content (AvgIpc) is 3.49. The average molecular weight is 655 g/mol. The standard InChI is InChI=1S/C36H42N6O6/c1-5-17-41(3)35(45)14-10-13-34(44)39-25(21-38-33(43)6-2)22-42-23-27(19-31(42)36(37)46)48-32-20-29(24-11-8-7-9-12-24)40-30-18-26(47-4)15-16-28(30)32/h1,6-9,11-12,15-16,18,20,25,27,31H,2,10,13-14,17,19,21-23H2,3-4H3,(H2,37,46)(H,38,43)(H,39,44). The number of hydrogen-bond acceptors (Lipinski definition) is 8. The van der Waals surface area contributed by atoms with E-state index in [1.54, 1.807) is 14.2 Å². The quantitative estimate of drug-likeness (QED) is 0.157. The molecule has 12 heteroatoms. The lowest BCUT2D eigenvalue weighted by Crippen LogP contribution is -2.52. The smallest absolute Gasteiger partial charge is 0.243 e. The van der Waals surface area contributed by atoms with E-state index in [0.717, 1.165) is 22.7 Å². The number of amides is 4. The van der Waals surface area contributed by atoms with E-state index in [1.165, 1.54) is 4.90 Å². The van der Waals surface area contributed by atoms with Crippen molar-refractivity contribution in [2.24, 2.45) is 5.73 Å². The number of benzene rings is 2.